The second kappa shape index (κ2) is 6.33. The van der Waals surface area contributed by atoms with Crippen molar-refractivity contribution < 1.29 is 4.11 Å². The average Bonchev–Trinajstić information content (AvgIpc) is 2.77. The van der Waals surface area contributed by atoms with Gasteiger partial charge < -0.3 is 0 Å². The third kappa shape index (κ3) is 2.85. The highest BCUT2D eigenvalue weighted by atomic mass is 14.9. The van der Waals surface area contributed by atoms with Crippen molar-refractivity contribution in [1.82, 2.24) is 9.97 Å². The minimum Gasteiger partial charge on any atom is -0.233 e. The first-order valence-corrected chi connectivity index (χ1v) is 8.87. The Hall–Kier alpha value is -3.52. The van der Waals surface area contributed by atoms with Gasteiger partial charge in [-0.15, -0.1) is 0 Å². The smallest absolute Gasteiger partial charge is 0.126 e. The van der Waals surface area contributed by atoms with Crippen LogP contribution in [0, 0.1) is 6.92 Å². The molecule has 0 aliphatic rings. The number of aromatic nitrogens is 2. The van der Waals surface area contributed by atoms with E-state index in [0.717, 1.165) is 21.9 Å². The van der Waals surface area contributed by atoms with Crippen molar-refractivity contribution >= 4 is 21.7 Å². The van der Waals surface area contributed by atoms with Crippen LogP contribution in [0.15, 0.2) is 90.9 Å². The van der Waals surface area contributed by atoms with Gasteiger partial charge in [0.1, 0.15) is 5.82 Å². The second-order valence-electron chi connectivity index (χ2n) is 6.52. The normalized spacial score (nSPS) is 12.7. The quantitative estimate of drug-likeness (QED) is 0.367. The molecule has 4 aromatic carbocycles. The first kappa shape index (κ1) is 12.8. The predicted octanol–water partition coefficient (Wildman–Crippen LogP) is 6.43. The van der Waals surface area contributed by atoms with Crippen LogP contribution in [0.4, 0.5) is 0 Å². The molecule has 0 atom stereocenters. The lowest BCUT2D eigenvalue weighted by Crippen LogP contribution is -1.94. The van der Waals surface area contributed by atoms with Crippen LogP contribution in [0.1, 0.15) is 9.94 Å². The van der Waals surface area contributed by atoms with Crippen molar-refractivity contribution in [3.8, 4) is 22.4 Å². The molecular weight excluding hydrogens is 328 g/mol. The summed E-state index contributed by atoms with van der Waals surface area (Å²) in [7, 11) is 0. The van der Waals surface area contributed by atoms with Crippen molar-refractivity contribution in [2.75, 3.05) is 0 Å². The highest BCUT2D eigenvalue weighted by Gasteiger charge is 2.10. The summed E-state index contributed by atoms with van der Waals surface area (Å²) >= 11 is 0. The Bertz CT molecular complexity index is 1430. The number of rotatable bonds is 2. The Morgan fingerprint density at radius 3 is 2.33 bits per heavy atom. The van der Waals surface area contributed by atoms with Crippen LogP contribution >= 0.6 is 0 Å². The van der Waals surface area contributed by atoms with Crippen LogP contribution in [0.5, 0.6) is 0 Å². The summed E-state index contributed by atoms with van der Waals surface area (Å²) < 4.78 is 26.3. The fraction of sp³-hybridized carbons (Fsp3) is 0.0400. The van der Waals surface area contributed by atoms with E-state index in [1.54, 1.807) is 6.92 Å². The summed E-state index contributed by atoms with van der Waals surface area (Å²) in [5, 5.41) is 2.63. The highest BCUT2D eigenvalue weighted by molar-refractivity contribution is 5.96. The molecule has 0 saturated heterocycles. The molecule has 0 bridgehead atoms. The molecule has 128 valence electrons. The lowest BCUT2D eigenvalue weighted by atomic mass is 9.98. The van der Waals surface area contributed by atoms with Gasteiger partial charge in [0, 0.05) is 10.9 Å². The number of benzene rings is 4. The molecule has 0 aliphatic heterocycles. The minimum absolute atomic E-state index is 0.0138. The molecule has 0 unspecified atom stereocenters. The SMILES string of the molecule is [2H]c1c(-c2ccc3ccccc3c2)c([2H])c2c(-c3ccccc3)nc(C)nc2c1[2H]. The largest absolute Gasteiger partial charge is 0.233 e. The predicted molar refractivity (Wildman–Crippen MR) is 113 cm³/mol. The molecule has 5 aromatic rings. The molecule has 0 amide bonds. The van der Waals surface area contributed by atoms with Gasteiger partial charge >= 0.3 is 0 Å². The summed E-state index contributed by atoms with van der Waals surface area (Å²) in [4.78, 5) is 9.04. The molecule has 27 heavy (non-hydrogen) atoms. The summed E-state index contributed by atoms with van der Waals surface area (Å²) in [5.74, 6) is 0.520. The van der Waals surface area contributed by atoms with Gasteiger partial charge in [0.15, 0.2) is 0 Å². The molecule has 5 rings (SSSR count). The van der Waals surface area contributed by atoms with E-state index in [1.807, 2.05) is 72.8 Å². The first-order valence-electron chi connectivity index (χ1n) is 10.4. The van der Waals surface area contributed by atoms with Crippen LogP contribution < -0.4 is 0 Å². The molecule has 1 heterocycles. The van der Waals surface area contributed by atoms with Gasteiger partial charge in [-0.2, -0.15) is 0 Å². The van der Waals surface area contributed by atoms with Gasteiger partial charge in [-0.25, -0.2) is 9.97 Å². The van der Waals surface area contributed by atoms with Gasteiger partial charge in [-0.1, -0.05) is 72.8 Å². The van der Waals surface area contributed by atoms with E-state index in [0.29, 0.717) is 28.0 Å². The summed E-state index contributed by atoms with van der Waals surface area (Å²) in [6.45, 7) is 1.77. The van der Waals surface area contributed by atoms with Crippen molar-refractivity contribution in [3.63, 3.8) is 0 Å². The number of fused-ring (bicyclic) bond motifs is 2. The molecule has 1 aromatic heterocycles. The molecule has 2 heteroatoms. The summed E-state index contributed by atoms with van der Waals surface area (Å²) in [5.41, 5.74) is 3.02. The molecule has 0 N–H and O–H groups in total. The molecule has 0 radical (unpaired) electrons. The summed E-state index contributed by atoms with van der Waals surface area (Å²) in [6.07, 6.45) is 0. The van der Waals surface area contributed by atoms with Crippen molar-refractivity contribution in [1.29, 1.82) is 0 Å². The fourth-order valence-electron chi connectivity index (χ4n) is 3.35. The second-order valence-corrected chi connectivity index (χ2v) is 6.52. The van der Waals surface area contributed by atoms with E-state index in [9.17, 15) is 0 Å². The van der Waals surface area contributed by atoms with Crippen LogP contribution in [0.25, 0.3) is 44.1 Å². The molecule has 0 saturated carbocycles. The topological polar surface area (TPSA) is 25.8 Å². The third-order valence-electron chi connectivity index (χ3n) is 4.66. The maximum absolute atomic E-state index is 9.00. The highest BCUT2D eigenvalue weighted by Crippen LogP contribution is 2.31. The van der Waals surface area contributed by atoms with Gasteiger partial charge in [0.25, 0.3) is 0 Å². The summed E-state index contributed by atoms with van der Waals surface area (Å²) in [6, 6.07) is 23.7. The van der Waals surface area contributed by atoms with Gasteiger partial charge in [0.2, 0.25) is 0 Å². The van der Waals surface area contributed by atoms with E-state index in [4.69, 9.17) is 4.11 Å². The maximum atomic E-state index is 9.00. The Balaban J connectivity index is 1.89. The van der Waals surface area contributed by atoms with Crippen LogP contribution in [0.3, 0.4) is 0 Å². The van der Waals surface area contributed by atoms with Crippen molar-refractivity contribution in [2.45, 2.75) is 6.92 Å². The number of aryl methyl sites for hydroxylation is 1. The zero-order valence-electron chi connectivity index (χ0n) is 17.8. The maximum Gasteiger partial charge on any atom is 0.126 e. The molecule has 0 spiro atoms. The van der Waals surface area contributed by atoms with Crippen molar-refractivity contribution in [3.05, 3.63) is 96.7 Å². The number of nitrogens with zero attached hydrogens (tertiary/aromatic N) is 2. The Morgan fingerprint density at radius 2 is 1.48 bits per heavy atom. The third-order valence-corrected chi connectivity index (χ3v) is 4.66. The number of hydrogen-bond donors (Lipinski definition) is 0. The van der Waals surface area contributed by atoms with Gasteiger partial charge in [-0.05, 0) is 47.0 Å². The van der Waals surface area contributed by atoms with Crippen LogP contribution in [-0.2, 0) is 0 Å². The number of hydrogen-bond acceptors (Lipinski definition) is 2. The lowest BCUT2D eigenvalue weighted by molar-refractivity contribution is 1.10. The first-order chi connectivity index (χ1) is 14.5. The molecule has 0 fully saturated rings. The average molecular weight is 349 g/mol. The fourth-order valence-corrected chi connectivity index (χ4v) is 3.35. The molecular formula is C25H18N2. The van der Waals surface area contributed by atoms with Gasteiger partial charge in [0.05, 0.1) is 15.3 Å². The van der Waals surface area contributed by atoms with E-state index >= 15 is 0 Å². The Labute approximate surface area is 162 Å². The standard InChI is InChI=1S/C25H18N2/c1-17-26-24-14-13-22(21-12-11-18-7-5-6-10-20(18)15-21)16-23(24)25(27-17)19-8-3-2-4-9-19/h2-16H,1H3/i13D,14D,16D. The molecule has 2 nitrogen and oxygen atoms in total. The van der Waals surface area contributed by atoms with E-state index in [-0.39, 0.29) is 18.1 Å². The van der Waals surface area contributed by atoms with E-state index < -0.39 is 0 Å². The van der Waals surface area contributed by atoms with E-state index in [1.165, 1.54) is 0 Å². The Morgan fingerprint density at radius 1 is 0.704 bits per heavy atom. The van der Waals surface area contributed by atoms with Crippen LogP contribution in [0.2, 0.25) is 0 Å². The van der Waals surface area contributed by atoms with Crippen molar-refractivity contribution in [2.24, 2.45) is 0 Å². The van der Waals surface area contributed by atoms with Crippen LogP contribution in [-0.4, -0.2) is 9.97 Å². The lowest BCUT2D eigenvalue weighted by Gasteiger charge is -2.10. The zero-order chi connectivity index (χ0) is 20.8. The monoisotopic (exact) mass is 349 g/mol. The van der Waals surface area contributed by atoms with Gasteiger partial charge in [-0.3, -0.25) is 0 Å². The van der Waals surface area contributed by atoms with E-state index in [2.05, 4.69) is 9.97 Å². The minimum atomic E-state index is 0.0138. The zero-order valence-corrected chi connectivity index (χ0v) is 14.8. The Kier molecular flexibility index (Phi) is 2.99. The molecule has 0 aliphatic carbocycles.